The lowest BCUT2D eigenvalue weighted by molar-refractivity contribution is -0.167. The van der Waals surface area contributed by atoms with Gasteiger partial charge in [-0.25, -0.2) is 0 Å². The average molecular weight is 1150 g/mol. The first-order chi connectivity index (χ1) is 40.5. The Morgan fingerprint density at radius 3 is 0.610 bits per heavy atom. The molecular formula is C76H144O6. The van der Waals surface area contributed by atoms with E-state index in [0.717, 1.165) is 64.2 Å². The van der Waals surface area contributed by atoms with Gasteiger partial charge in [0, 0.05) is 19.3 Å². The van der Waals surface area contributed by atoms with E-state index < -0.39 is 6.10 Å². The molecule has 0 saturated carbocycles. The molecule has 0 aromatic rings. The van der Waals surface area contributed by atoms with E-state index in [1.807, 2.05) is 0 Å². The van der Waals surface area contributed by atoms with Crippen LogP contribution in [0.2, 0.25) is 0 Å². The van der Waals surface area contributed by atoms with Crippen LogP contribution in [0.25, 0.3) is 0 Å². The van der Waals surface area contributed by atoms with Crippen LogP contribution < -0.4 is 0 Å². The molecule has 0 heterocycles. The Labute approximate surface area is 513 Å². The molecule has 0 amide bonds. The van der Waals surface area contributed by atoms with Crippen molar-refractivity contribution in [3.8, 4) is 0 Å². The van der Waals surface area contributed by atoms with E-state index in [4.69, 9.17) is 14.2 Å². The molecule has 0 N–H and O–H groups in total. The van der Waals surface area contributed by atoms with Crippen LogP contribution in [0.1, 0.15) is 425 Å². The van der Waals surface area contributed by atoms with Gasteiger partial charge in [-0.15, -0.1) is 0 Å². The van der Waals surface area contributed by atoms with Crippen LogP contribution in [0, 0.1) is 0 Å². The highest BCUT2D eigenvalue weighted by atomic mass is 16.6. The van der Waals surface area contributed by atoms with Gasteiger partial charge in [0.15, 0.2) is 6.10 Å². The summed E-state index contributed by atoms with van der Waals surface area (Å²) in [6.07, 6.45) is 87.9. The molecule has 6 heteroatoms. The van der Waals surface area contributed by atoms with E-state index in [9.17, 15) is 14.4 Å². The molecule has 0 aliphatic heterocycles. The maximum absolute atomic E-state index is 13.0. The van der Waals surface area contributed by atoms with Gasteiger partial charge in [0.25, 0.3) is 0 Å². The molecule has 0 rings (SSSR count). The van der Waals surface area contributed by atoms with Gasteiger partial charge < -0.3 is 14.2 Å². The van der Waals surface area contributed by atoms with E-state index >= 15 is 0 Å². The number of esters is 3. The van der Waals surface area contributed by atoms with Gasteiger partial charge in [-0.2, -0.15) is 0 Å². The lowest BCUT2D eigenvalue weighted by Crippen LogP contribution is -2.30. The first-order valence-corrected chi connectivity index (χ1v) is 37.3. The van der Waals surface area contributed by atoms with E-state index in [0.29, 0.717) is 19.3 Å². The van der Waals surface area contributed by atoms with Crippen molar-refractivity contribution in [2.45, 2.75) is 431 Å². The van der Waals surface area contributed by atoms with Crippen molar-refractivity contribution in [2.75, 3.05) is 13.2 Å². The fourth-order valence-corrected chi connectivity index (χ4v) is 11.6. The second-order valence-corrected chi connectivity index (χ2v) is 25.6. The van der Waals surface area contributed by atoms with Gasteiger partial charge in [0.2, 0.25) is 0 Å². The largest absolute Gasteiger partial charge is 0.462 e. The monoisotopic (exact) mass is 1150 g/mol. The zero-order chi connectivity index (χ0) is 59.2. The highest BCUT2D eigenvalue weighted by Gasteiger charge is 2.20. The van der Waals surface area contributed by atoms with Crippen molar-refractivity contribution in [1.29, 1.82) is 0 Å². The molecule has 484 valence electrons. The quantitative estimate of drug-likeness (QED) is 0.0261. The lowest BCUT2D eigenvalue weighted by atomic mass is 10.0. The van der Waals surface area contributed by atoms with Crippen molar-refractivity contribution >= 4 is 17.9 Å². The molecule has 1 unspecified atom stereocenters. The first-order valence-electron chi connectivity index (χ1n) is 37.3. The maximum Gasteiger partial charge on any atom is 0.306 e. The van der Waals surface area contributed by atoms with Crippen LogP contribution in [-0.2, 0) is 28.6 Å². The minimum absolute atomic E-state index is 0.0683. The predicted molar refractivity (Wildman–Crippen MR) is 358 cm³/mol. The fourth-order valence-electron chi connectivity index (χ4n) is 11.6. The van der Waals surface area contributed by atoms with Crippen molar-refractivity contribution in [2.24, 2.45) is 0 Å². The van der Waals surface area contributed by atoms with E-state index in [1.165, 1.54) is 321 Å². The third kappa shape index (κ3) is 68.7. The van der Waals surface area contributed by atoms with E-state index in [2.05, 4.69) is 45.1 Å². The summed E-state index contributed by atoms with van der Waals surface area (Å²) in [6.45, 7) is 6.72. The van der Waals surface area contributed by atoms with Gasteiger partial charge in [0.1, 0.15) is 13.2 Å². The van der Waals surface area contributed by atoms with Crippen LogP contribution >= 0.6 is 0 Å². The van der Waals surface area contributed by atoms with Crippen molar-refractivity contribution in [1.82, 2.24) is 0 Å². The molecule has 0 fully saturated rings. The molecule has 0 aliphatic rings. The molecule has 0 aliphatic carbocycles. The summed E-state index contributed by atoms with van der Waals surface area (Å²) < 4.78 is 17.0. The summed E-state index contributed by atoms with van der Waals surface area (Å²) in [5, 5.41) is 0. The number of ether oxygens (including phenoxy) is 3. The number of unbranched alkanes of at least 4 members (excludes halogenated alkanes) is 55. The zero-order valence-electron chi connectivity index (χ0n) is 55.8. The summed E-state index contributed by atoms with van der Waals surface area (Å²) >= 11 is 0. The van der Waals surface area contributed by atoms with Crippen LogP contribution in [0.4, 0.5) is 0 Å². The summed E-state index contributed by atoms with van der Waals surface area (Å²) in [7, 11) is 0. The van der Waals surface area contributed by atoms with Crippen molar-refractivity contribution < 1.29 is 28.6 Å². The smallest absolute Gasteiger partial charge is 0.306 e. The Bertz CT molecular complexity index is 1320. The predicted octanol–water partition coefficient (Wildman–Crippen LogP) is 25.7. The highest BCUT2D eigenvalue weighted by molar-refractivity contribution is 5.71. The third-order valence-electron chi connectivity index (χ3n) is 17.2. The molecule has 0 spiro atoms. The molecule has 0 aromatic carbocycles. The zero-order valence-corrected chi connectivity index (χ0v) is 55.8. The maximum atomic E-state index is 13.0. The molecule has 82 heavy (non-hydrogen) atoms. The Kier molecular flexibility index (Phi) is 69.5. The standard InChI is InChI=1S/C76H144O6/c1-4-7-10-13-16-19-22-25-28-30-32-34-36-37-38-40-41-43-45-48-51-54-57-60-63-66-69-75(78)81-72-73(71-80-74(77)68-65-62-59-56-53-50-47-27-24-21-18-15-12-9-6-3)82-76(79)70-67-64-61-58-55-52-49-46-44-42-39-35-33-31-29-26-23-20-17-14-11-8-5-2/h27,31,33,47,73H,4-26,28-30,32,34-46,48-72H2,1-3H3/b33-31-,47-27-. The Hall–Kier alpha value is -2.11. The second kappa shape index (κ2) is 71.4. The molecule has 1 atom stereocenters. The molecule has 6 nitrogen and oxygen atoms in total. The van der Waals surface area contributed by atoms with Crippen LogP contribution in [0.3, 0.4) is 0 Å². The number of hydrogen-bond donors (Lipinski definition) is 0. The van der Waals surface area contributed by atoms with Gasteiger partial charge in [-0.3, -0.25) is 14.4 Å². The van der Waals surface area contributed by atoms with Gasteiger partial charge in [-0.1, -0.05) is 360 Å². The average Bonchev–Trinajstić information content (AvgIpc) is 3.47. The molecule has 0 bridgehead atoms. The SMILES string of the molecule is CCCCCCCC/C=C\CCCCCCCC(=O)OCC(COC(=O)CCCCCCCCCCCCCCCCCCCCCCCCCCCC)OC(=O)CCCCCCCCCCCCC/C=C\CCCCCCCCCC. The molecule has 0 radical (unpaired) electrons. The number of carbonyl (C=O) groups excluding carboxylic acids is 3. The summed E-state index contributed by atoms with van der Waals surface area (Å²) in [5.74, 6) is -0.844. The van der Waals surface area contributed by atoms with Crippen LogP contribution in [-0.4, -0.2) is 37.2 Å². The Morgan fingerprint density at radius 1 is 0.232 bits per heavy atom. The summed E-state index contributed by atoms with van der Waals surface area (Å²) in [6, 6.07) is 0. The number of allylic oxidation sites excluding steroid dienone is 4. The van der Waals surface area contributed by atoms with Crippen LogP contribution in [0.5, 0.6) is 0 Å². The summed E-state index contributed by atoms with van der Waals surface area (Å²) in [5.41, 5.74) is 0. The van der Waals surface area contributed by atoms with Crippen molar-refractivity contribution in [3.63, 3.8) is 0 Å². The number of hydrogen-bond acceptors (Lipinski definition) is 6. The minimum atomic E-state index is -0.774. The van der Waals surface area contributed by atoms with E-state index in [-0.39, 0.29) is 31.1 Å². The molecular weight excluding hydrogens is 1010 g/mol. The molecule has 0 aromatic heterocycles. The number of rotatable bonds is 70. The Balaban J connectivity index is 4.24. The number of carbonyl (C=O) groups is 3. The van der Waals surface area contributed by atoms with E-state index in [1.54, 1.807) is 0 Å². The highest BCUT2D eigenvalue weighted by Crippen LogP contribution is 2.19. The minimum Gasteiger partial charge on any atom is -0.462 e. The summed E-state index contributed by atoms with van der Waals surface area (Å²) in [4.78, 5) is 38.5. The van der Waals surface area contributed by atoms with Crippen LogP contribution in [0.15, 0.2) is 24.3 Å². The fraction of sp³-hybridized carbons (Fsp3) is 0.908. The second-order valence-electron chi connectivity index (χ2n) is 25.6. The third-order valence-corrected chi connectivity index (χ3v) is 17.2. The normalized spacial score (nSPS) is 12.1. The van der Waals surface area contributed by atoms with Crippen molar-refractivity contribution in [3.05, 3.63) is 24.3 Å². The van der Waals surface area contributed by atoms with Gasteiger partial charge >= 0.3 is 17.9 Å². The molecule has 0 saturated heterocycles. The Morgan fingerprint density at radius 2 is 0.402 bits per heavy atom. The lowest BCUT2D eigenvalue weighted by Gasteiger charge is -2.18. The van der Waals surface area contributed by atoms with Gasteiger partial charge in [0.05, 0.1) is 0 Å². The van der Waals surface area contributed by atoms with Gasteiger partial charge in [-0.05, 0) is 70.6 Å². The first kappa shape index (κ1) is 79.9. The topological polar surface area (TPSA) is 78.9 Å².